The molecule has 0 atom stereocenters. The SMILES string of the molecule is CCN(Cc1ccc(Br)c(Cl)c1F)C(=O)OC(C)(C)C. The molecule has 1 aromatic rings. The van der Waals surface area contributed by atoms with Gasteiger partial charge < -0.3 is 9.64 Å². The average molecular weight is 367 g/mol. The van der Waals surface area contributed by atoms with Crippen LogP contribution in [-0.2, 0) is 11.3 Å². The van der Waals surface area contributed by atoms with E-state index >= 15 is 0 Å². The predicted octanol–water partition coefficient (Wildman–Crippen LogP) is 5.00. The number of nitrogens with zero attached hydrogens (tertiary/aromatic N) is 1. The summed E-state index contributed by atoms with van der Waals surface area (Å²) < 4.78 is 19.8. The van der Waals surface area contributed by atoms with Crippen molar-refractivity contribution in [2.24, 2.45) is 0 Å². The van der Waals surface area contributed by atoms with E-state index in [0.717, 1.165) is 0 Å². The molecule has 0 N–H and O–H groups in total. The van der Waals surface area contributed by atoms with Crippen LogP contribution in [0.25, 0.3) is 0 Å². The third-order valence-corrected chi connectivity index (χ3v) is 3.77. The lowest BCUT2D eigenvalue weighted by atomic mass is 10.2. The number of ether oxygens (including phenoxy) is 1. The zero-order valence-electron chi connectivity index (χ0n) is 12.0. The van der Waals surface area contributed by atoms with Crippen molar-refractivity contribution < 1.29 is 13.9 Å². The minimum absolute atomic E-state index is 0.0164. The van der Waals surface area contributed by atoms with Gasteiger partial charge in [-0.3, -0.25) is 0 Å². The molecule has 0 saturated carbocycles. The van der Waals surface area contributed by atoms with Gasteiger partial charge in [0.15, 0.2) is 0 Å². The first-order valence-corrected chi connectivity index (χ1v) is 7.43. The summed E-state index contributed by atoms with van der Waals surface area (Å²) in [5.74, 6) is -0.525. The van der Waals surface area contributed by atoms with E-state index in [2.05, 4.69) is 15.9 Å². The van der Waals surface area contributed by atoms with Crippen LogP contribution >= 0.6 is 27.5 Å². The van der Waals surface area contributed by atoms with E-state index in [-0.39, 0.29) is 11.6 Å². The molecular weight excluding hydrogens is 349 g/mol. The third-order valence-electron chi connectivity index (χ3n) is 2.51. The highest BCUT2D eigenvalue weighted by molar-refractivity contribution is 9.10. The van der Waals surface area contributed by atoms with Gasteiger partial charge in [-0.25, -0.2) is 9.18 Å². The number of halogens is 3. The number of hydrogen-bond donors (Lipinski definition) is 0. The van der Waals surface area contributed by atoms with Crippen LogP contribution in [0.2, 0.25) is 5.02 Å². The van der Waals surface area contributed by atoms with Gasteiger partial charge in [0.1, 0.15) is 11.4 Å². The quantitative estimate of drug-likeness (QED) is 0.705. The minimum atomic E-state index is -0.583. The molecule has 0 bridgehead atoms. The van der Waals surface area contributed by atoms with E-state index in [1.807, 2.05) is 6.92 Å². The van der Waals surface area contributed by atoms with E-state index in [1.54, 1.807) is 32.9 Å². The van der Waals surface area contributed by atoms with E-state index < -0.39 is 17.5 Å². The highest BCUT2D eigenvalue weighted by Gasteiger charge is 2.22. The number of amides is 1. The standard InChI is InChI=1S/C14H18BrClFNO2/c1-5-18(13(19)20-14(2,3)4)8-9-6-7-10(15)11(16)12(9)17/h6-7H,5,8H2,1-4H3. The Morgan fingerprint density at radius 2 is 2.05 bits per heavy atom. The second-order valence-corrected chi connectivity index (χ2v) is 6.56. The lowest BCUT2D eigenvalue weighted by molar-refractivity contribution is 0.0243. The van der Waals surface area contributed by atoms with Crippen LogP contribution < -0.4 is 0 Å². The molecule has 0 aliphatic heterocycles. The number of carbonyl (C=O) groups is 1. The highest BCUT2D eigenvalue weighted by atomic mass is 79.9. The van der Waals surface area contributed by atoms with Crippen LogP contribution in [0.3, 0.4) is 0 Å². The fourth-order valence-corrected chi connectivity index (χ4v) is 2.02. The van der Waals surface area contributed by atoms with Crippen LogP contribution in [0.5, 0.6) is 0 Å². The lowest BCUT2D eigenvalue weighted by Crippen LogP contribution is -2.36. The van der Waals surface area contributed by atoms with Gasteiger partial charge in [0.05, 0.1) is 11.6 Å². The molecule has 0 aliphatic carbocycles. The normalized spacial score (nSPS) is 11.3. The van der Waals surface area contributed by atoms with Crippen LogP contribution in [0.15, 0.2) is 16.6 Å². The first-order valence-electron chi connectivity index (χ1n) is 6.26. The molecule has 0 unspecified atom stereocenters. The van der Waals surface area contributed by atoms with Gasteiger partial charge in [-0.05, 0) is 49.7 Å². The molecule has 1 aromatic carbocycles. The molecule has 1 rings (SSSR count). The molecule has 0 aliphatic rings. The number of carbonyl (C=O) groups excluding carboxylic acids is 1. The van der Waals surface area contributed by atoms with E-state index in [4.69, 9.17) is 16.3 Å². The van der Waals surface area contributed by atoms with Gasteiger partial charge in [-0.15, -0.1) is 0 Å². The monoisotopic (exact) mass is 365 g/mol. The molecule has 0 spiro atoms. The van der Waals surface area contributed by atoms with Crippen LogP contribution in [0.4, 0.5) is 9.18 Å². The molecule has 112 valence electrons. The number of hydrogen-bond acceptors (Lipinski definition) is 2. The molecule has 1 amide bonds. The lowest BCUT2D eigenvalue weighted by Gasteiger charge is -2.26. The van der Waals surface area contributed by atoms with Crippen molar-refractivity contribution in [3.63, 3.8) is 0 Å². The van der Waals surface area contributed by atoms with Gasteiger partial charge >= 0.3 is 6.09 Å². The summed E-state index contributed by atoms with van der Waals surface area (Å²) in [5, 5.41) is 0.0164. The summed E-state index contributed by atoms with van der Waals surface area (Å²) in [7, 11) is 0. The fraction of sp³-hybridized carbons (Fsp3) is 0.500. The van der Waals surface area contributed by atoms with Crippen molar-refractivity contribution >= 4 is 33.6 Å². The summed E-state index contributed by atoms with van der Waals surface area (Å²) in [6, 6.07) is 3.25. The fourth-order valence-electron chi connectivity index (χ4n) is 1.53. The summed E-state index contributed by atoms with van der Waals surface area (Å²) in [6.45, 7) is 7.70. The van der Waals surface area contributed by atoms with E-state index in [0.29, 0.717) is 16.6 Å². The summed E-state index contributed by atoms with van der Waals surface area (Å²) >= 11 is 8.99. The zero-order valence-corrected chi connectivity index (χ0v) is 14.3. The molecule has 0 saturated heterocycles. The van der Waals surface area contributed by atoms with Crippen molar-refractivity contribution in [1.82, 2.24) is 4.90 Å². The Kier molecular flexibility index (Phi) is 5.83. The summed E-state index contributed by atoms with van der Waals surface area (Å²) in [4.78, 5) is 13.4. The Morgan fingerprint density at radius 3 is 2.55 bits per heavy atom. The Morgan fingerprint density at radius 1 is 1.45 bits per heavy atom. The maximum atomic E-state index is 14.0. The number of rotatable bonds is 3. The maximum Gasteiger partial charge on any atom is 0.410 e. The number of benzene rings is 1. The highest BCUT2D eigenvalue weighted by Crippen LogP contribution is 2.28. The van der Waals surface area contributed by atoms with Crippen molar-refractivity contribution in [2.75, 3.05) is 6.54 Å². The van der Waals surface area contributed by atoms with Crippen LogP contribution in [-0.4, -0.2) is 23.1 Å². The van der Waals surface area contributed by atoms with Crippen molar-refractivity contribution in [3.05, 3.63) is 33.0 Å². The van der Waals surface area contributed by atoms with Crippen LogP contribution in [0, 0.1) is 5.82 Å². The van der Waals surface area contributed by atoms with Crippen molar-refractivity contribution in [2.45, 2.75) is 39.8 Å². The molecule has 0 heterocycles. The molecule has 0 aromatic heterocycles. The van der Waals surface area contributed by atoms with Gasteiger partial charge in [0, 0.05) is 16.6 Å². The van der Waals surface area contributed by atoms with Gasteiger partial charge in [-0.2, -0.15) is 0 Å². The molecule has 0 fully saturated rings. The topological polar surface area (TPSA) is 29.5 Å². The molecule has 6 heteroatoms. The van der Waals surface area contributed by atoms with Gasteiger partial charge in [0.2, 0.25) is 0 Å². The third kappa shape index (κ3) is 4.63. The van der Waals surface area contributed by atoms with Crippen molar-refractivity contribution in [1.29, 1.82) is 0 Å². The molecule has 20 heavy (non-hydrogen) atoms. The van der Waals surface area contributed by atoms with E-state index in [1.165, 1.54) is 4.90 Å². The Labute approximate surface area is 132 Å². The van der Waals surface area contributed by atoms with Crippen molar-refractivity contribution in [3.8, 4) is 0 Å². The Balaban J connectivity index is 2.89. The first kappa shape index (κ1) is 17.2. The molecule has 3 nitrogen and oxygen atoms in total. The average Bonchev–Trinajstić information content (AvgIpc) is 2.33. The van der Waals surface area contributed by atoms with Gasteiger partial charge in [-0.1, -0.05) is 17.7 Å². The molecule has 0 radical (unpaired) electrons. The van der Waals surface area contributed by atoms with Crippen LogP contribution in [0.1, 0.15) is 33.3 Å². The summed E-state index contributed by atoms with van der Waals surface area (Å²) in [6.07, 6.45) is -0.474. The second-order valence-electron chi connectivity index (χ2n) is 5.33. The Hall–Kier alpha value is -0.810. The molecular formula is C14H18BrClFNO2. The largest absolute Gasteiger partial charge is 0.444 e. The second kappa shape index (κ2) is 6.76. The smallest absolute Gasteiger partial charge is 0.410 e. The maximum absolute atomic E-state index is 14.0. The predicted molar refractivity (Wildman–Crippen MR) is 81.4 cm³/mol. The zero-order chi connectivity index (χ0) is 15.5. The minimum Gasteiger partial charge on any atom is -0.444 e. The van der Waals surface area contributed by atoms with E-state index in [9.17, 15) is 9.18 Å². The summed E-state index contributed by atoms with van der Waals surface area (Å²) in [5.41, 5.74) is -0.230. The van der Waals surface area contributed by atoms with Gasteiger partial charge in [0.25, 0.3) is 0 Å². The Bertz CT molecular complexity index is 503. The first-order chi connectivity index (χ1) is 9.15.